The van der Waals surface area contributed by atoms with E-state index in [0.29, 0.717) is 11.3 Å². The van der Waals surface area contributed by atoms with Crippen molar-refractivity contribution in [2.45, 2.75) is 49.9 Å². The Morgan fingerprint density at radius 2 is 2.03 bits per heavy atom. The zero-order valence-corrected chi connectivity index (χ0v) is 21.5. The molecule has 1 fully saturated rings. The number of likely N-dealkylation sites (N-methyl/N-ethyl adjacent to an activating group) is 1. The molecule has 3 atom stereocenters. The first kappa shape index (κ1) is 25.9. The lowest BCUT2D eigenvalue weighted by atomic mass is 9.96. The third kappa shape index (κ3) is 7.90. The average Bonchev–Trinajstić information content (AvgIpc) is 3.12. The van der Waals surface area contributed by atoms with Gasteiger partial charge in [-0.05, 0) is 86.6 Å². The second kappa shape index (κ2) is 12.6. The standard InChI is InChI=1S/C27H35FN2OS2/c1-19(14-15-33-3)29-27(31)26-16-21(8-13-24-17-25(32)18-30(24)2)5-10-22(26)9-4-20-6-11-23(28)12-7-20/h5-8,10-13,16,19,24-25,32H,4,9,14-15,17-18H2,1-3H3,(H,29,31)/b13-8+/t19-,24-,25+/m1/s1. The van der Waals surface area contributed by atoms with Crippen molar-refractivity contribution in [1.82, 2.24) is 10.2 Å². The number of amides is 1. The van der Waals surface area contributed by atoms with Crippen molar-refractivity contribution in [1.29, 1.82) is 0 Å². The number of benzene rings is 2. The third-order valence-corrected chi connectivity index (χ3v) is 7.21. The lowest BCUT2D eigenvalue weighted by Crippen LogP contribution is -2.33. The summed E-state index contributed by atoms with van der Waals surface area (Å²) in [7, 11) is 2.12. The molecule has 0 aliphatic carbocycles. The molecule has 2 aromatic carbocycles. The molecule has 0 saturated carbocycles. The summed E-state index contributed by atoms with van der Waals surface area (Å²) in [6, 6.07) is 13.2. The van der Waals surface area contributed by atoms with E-state index in [0.717, 1.165) is 60.2 Å². The fraction of sp³-hybridized carbons (Fsp3) is 0.444. The van der Waals surface area contributed by atoms with Gasteiger partial charge in [0, 0.05) is 29.4 Å². The summed E-state index contributed by atoms with van der Waals surface area (Å²) in [6.45, 7) is 3.04. The van der Waals surface area contributed by atoms with Crippen LogP contribution < -0.4 is 5.32 Å². The van der Waals surface area contributed by atoms with Gasteiger partial charge in [-0.2, -0.15) is 24.4 Å². The van der Waals surface area contributed by atoms with Crippen molar-refractivity contribution in [3.05, 3.63) is 76.6 Å². The molecule has 0 unspecified atom stereocenters. The molecule has 3 rings (SSSR count). The highest BCUT2D eigenvalue weighted by atomic mass is 32.2. The fourth-order valence-electron chi connectivity index (χ4n) is 4.17. The molecule has 1 aliphatic heterocycles. The molecule has 2 aromatic rings. The van der Waals surface area contributed by atoms with E-state index in [1.54, 1.807) is 11.8 Å². The summed E-state index contributed by atoms with van der Waals surface area (Å²) in [4.78, 5) is 15.5. The monoisotopic (exact) mass is 486 g/mol. The topological polar surface area (TPSA) is 32.3 Å². The van der Waals surface area contributed by atoms with Crippen LogP contribution in [-0.2, 0) is 12.8 Å². The first-order chi connectivity index (χ1) is 15.9. The highest BCUT2D eigenvalue weighted by Gasteiger charge is 2.24. The van der Waals surface area contributed by atoms with Gasteiger partial charge in [-0.25, -0.2) is 4.39 Å². The molecule has 3 nitrogen and oxygen atoms in total. The van der Waals surface area contributed by atoms with Gasteiger partial charge in [-0.15, -0.1) is 0 Å². The normalized spacial score (nSPS) is 19.8. The Balaban J connectivity index is 1.78. The second-order valence-electron chi connectivity index (χ2n) is 8.95. The van der Waals surface area contributed by atoms with E-state index < -0.39 is 0 Å². The number of thioether (sulfide) groups is 1. The van der Waals surface area contributed by atoms with E-state index in [1.807, 2.05) is 18.2 Å². The predicted molar refractivity (Wildman–Crippen MR) is 143 cm³/mol. The summed E-state index contributed by atoms with van der Waals surface area (Å²) < 4.78 is 13.2. The van der Waals surface area contributed by atoms with E-state index in [2.05, 4.69) is 67.4 Å². The van der Waals surface area contributed by atoms with Crippen molar-refractivity contribution < 1.29 is 9.18 Å². The minimum Gasteiger partial charge on any atom is -0.350 e. The number of thiol groups is 1. The highest BCUT2D eigenvalue weighted by Crippen LogP contribution is 2.23. The number of aryl methyl sites for hydroxylation is 2. The second-order valence-corrected chi connectivity index (χ2v) is 10.7. The van der Waals surface area contributed by atoms with Crippen LogP contribution in [0.25, 0.3) is 6.08 Å². The Morgan fingerprint density at radius 3 is 2.70 bits per heavy atom. The Kier molecular flexibility index (Phi) is 9.90. The molecule has 1 amide bonds. The first-order valence-electron chi connectivity index (χ1n) is 11.6. The Bertz CT molecular complexity index is 948. The smallest absolute Gasteiger partial charge is 0.251 e. The molecule has 0 spiro atoms. The van der Waals surface area contributed by atoms with Crippen LogP contribution in [0.5, 0.6) is 0 Å². The number of nitrogens with one attached hydrogen (secondary N) is 1. The highest BCUT2D eigenvalue weighted by molar-refractivity contribution is 7.98. The maximum Gasteiger partial charge on any atom is 0.251 e. The van der Waals surface area contributed by atoms with Crippen LogP contribution >= 0.6 is 24.4 Å². The number of nitrogens with zero attached hydrogens (tertiary/aromatic N) is 1. The molecule has 1 aliphatic rings. The van der Waals surface area contributed by atoms with Gasteiger partial charge in [0.05, 0.1) is 0 Å². The van der Waals surface area contributed by atoms with Crippen LogP contribution in [0.1, 0.15) is 46.8 Å². The predicted octanol–water partition coefficient (Wildman–Crippen LogP) is 5.50. The first-order valence-corrected chi connectivity index (χ1v) is 13.5. The van der Waals surface area contributed by atoms with Crippen LogP contribution in [-0.4, -0.2) is 53.7 Å². The van der Waals surface area contributed by atoms with Crippen molar-refractivity contribution in [3.63, 3.8) is 0 Å². The number of rotatable bonds is 10. The number of likely N-dealkylation sites (tertiary alicyclic amines) is 1. The Hall–Kier alpha value is -1.76. The molecule has 33 heavy (non-hydrogen) atoms. The molecule has 6 heteroatoms. The molecule has 1 N–H and O–H groups in total. The SMILES string of the molecule is CSCC[C@@H](C)NC(=O)c1cc(/C=C/[C@@H]2C[C@H](S)CN2C)ccc1CCc1ccc(F)cc1. The zero-order chi connectivity index (χ0) is 23.8. The summed E-state index contributed by atoms with van der Waals surface area (Å²) >= 11 is 6.40. The molecule has 178 valence electrons. The fourth-order valence-corrected chi connectivity index (χ4v) is 5.24. The van der Waals surface area contributed by atoms with Crippen molar-refractivity contribution >= 4 is 36.4 Å². The quantitative estimate of drug-likeness (QED) is 0.435. The summed E-state index contributed by atoms with van der Waals surface area (Å²) in [5.41, 5.74) is 3.82. The Morgan fingerprint density at radius 1 is 1.27 bits per heavy atom. The van der Waals surface area contributed by atoms with Gasteiger partial charge in [-0.1, -0.05) is 36.4 Å². The van der Waals surface area contributed by atoms with Gasteiger partial charge < -0.3 is 5.32 Å². The van der Waals surface area contributed by atoms with Crippen LogP contribution in [0.2, 0.25) is 0 Å². The molecular formula is C27H35FN2OS2. The third-order valence-electron chi connectivity index (χ3n) is 6.20. The van der Waals surface area contributed by atoms with E-state index in [-0.39, 0.29) is 17.8 Å². The van der Waals surface area contributed by atoms with Gasteiger partial charge in [0.25, 0.3) is 5.91 Å². The number of halogens is 1. The largest absolute Gasteiger partial charge is 0.350 e. The van der Waals surface area contributed by atoms with E-state index in [9.17, 15) is 9.18 Å². The zero-order valence-electron chi connectivity index (χ0n) is 19.8. The summed E-state index contributed by atoms with van der Waals surface area (Å²) in [6.07, 6.45) is 9.87. The van der Waals surface area contributed by atoms with Gasteiger partial charge in [0.2, 0.25) is 0 Å². The van der Waals surface area contributed by atoms with E-state index >= 15 is 0 Å². The molecule has 1 saturated heterocycles. The van der Waals surface area contributed by atoms with Crippen LogP contribution in [0.3, 0.4) is 0 Å². The van der Waals surface area contributed by atoms with Crippen LogP contribution in [0.4, 0.5) is 4.39 Å². The number of hydrogen-bond acceptors (Lipinski definition) is 4. The Labute approximate surface area is 207 Å². The van der Waals surface area contributed by atoms with E-state index in [1.165, 1.54) is 12.1 Å². The average molecular weight is 487 g/mol. The number of carbonyl (C=O) groups excluding carboxylic acids is 1. The molecule has 0 aromatic heterocycles. The minimum atomic E-state index is -0.230. The molecule has 0 bridgehead atoms. The van der Waals surface area contributed by atoms with Gasteiger partial charge >= 0.3 is 0 Å². The number of carbonyl (C=O) groups is 1. The lowest BCUT2D eigenvalue weighted by molar-refractivity contribution is 0.0938. The van der Waals surface area contributed by atoms with Crippen molar-refractivity contribution in [2.24, 2.45) is 0 Å². The lowest BCUT2D eigenvalue weighted by Gasteiger charge is -2.17. The van der Waals surface area contributed by atoms with Crippen molar-refractivity contribution in [3.8, 4) is 0 Å². The summed E-state index contributed by atoms with van der Waals surface area (Å²) in [5, 5.41) is 3.58. The van der Waals surface area contributed by atoms with Crippen LogP contribution in [0, 0.1) is 5.82 Å². The maximum absolute atomic E-state index is 13.2. The molecule has 1 heterocycles. The van der Waals surface area contributed by atoms with Crippen molar-refractivity contribution in [2.75, 3.05) is 25.6 Å². The maximum atomic E-state index is 13.2. The summed E-state index contributed by atoms with van der Waals surface area (Å²) in [5.74, 6) is 0.760. The van der Waals surface area contributed by atoms with Gasteiger partial charge in [0.1, 0.15) is 5.82 Å². The van der Waals surface area contributed by atoms with Crippen LogP contribution in [0.15, 0.2) is 48.5 Å². The number of hydrogen-bond donors (Lipinski definition) is 2. The van der Waals surface area contributed by atoms with E-state index in [4.69, 9.17) is 0 Å². The van der Waals surface area contributed by atoms with Gasteiger partial charge in [0.15, 0.2) is 0 Å². The van der Waals surface area contributed by atoms with Gasteiger partial charge in [-0.3, -0.25) is 9.69 Å². The molecular weight excluding hydrogens is 451 g/mol. The molecule has 0 radical (unpaired) electrons. The minimum absolute atomic E-state index is 0.0265.